The van der Waals surface area contributed by atoms with Crippen molar-refractivity contribution in [2.45, 2.75) is 88.0 Å². The lowest BCUT2D eigenvalue weighted by Gasteiger charge is -2.22. The molecular weight excluding hydrogens is 657 g/mol. The quantitative estimate of drug-likeness (QED) is 0.302. The lowest BCUT2D eigenvalue weighted by molar-refractivity contribution is 0.224. The molecule has 48 heavy (non-hydrogen) atoms. The van der Waals surface area contributed by atoms with E-state index in [-0.39, 0.29) is 22.6 Å². The number of fused-ring (bicyclic) bond motifs is 5. The number of aryl methyl sites for hydroxylation is 3. The van der Waals surface area contributed by atoms with Crippen LogP contribution in [-0.2, 0) is 71.5 Å². The van der Waals surface area contributed by atoms with Crippen LogP contribution in [0.2, 0.25) is 0 Å². The summed E-state index contributed by atoms with van der Waals surface area (Å²) >= 11 is 0. The number of anilines is 2. The first-order valence-electron chi connectivity index (χ1n) is 16.6. The second-order valence-corrected chi connectivity index (χ2v) is 17.0. The predicted molar refractivity (Wildman–Crippen MR) is 178 cm³/mol. The summed E-state index contributed by atoms with van der Waals surface area (Å²) in [6.45, 7) is 0.930. The number of nitrogens with one attached hydrogen (secondary N) is 4. The van der Waals surface area contributed by atoms with E-state index < -0.39 is 32.1 Å². The number of benzene rings is 2. The number of aromatic nitrogens is 2. The first-order valence-corrected chi connectivity index (χ1v) is 20.0. The minimum Gasteiger partial charge on any atom is -0.477 e. The fourth-order valence-electron chi connectivity index (χ4n) is 8.68. The molecule has 2 unspecified atom stereocenters. The maximum Gasteiger partial charge on any atom is 0.333 e. The van der Waals surface area contributed by atoms with E-state index in [0.717, 1.165) is 111 Å². The van der Waals surface area contributed by atoms with Crippen LogP contribution < -0.4 is 24.8 Å². The number of rotatable bonds is 6. The Hall–Kier alpha value is -4.11. The summed E-state index contributed by atoms with van der Waals surface area (Å²) in [5.74, 6) is 0.620. The summed E-state index contributed by atoms with van der Waals surface area (Å²) in [6, 6.07) is 3.01. The molecule has 2 atom stereocenters. The third-order valence-corrected chi connectivity index (χ3v) is 12.4. The highest BCUT2D eigenvalue weighted by Gasteiger charge is 2.39. The third-order valence-electron chi connectivity index (χ3n) is 10.5. The molecule has 5 aliphatic rings. The van der Waals surface area contributed by atoms with Crippen LogP contribution in [0.3, 0.4) is 0 Å². The number of hydrogen-bond acceptors (Lipinski definition) is 8. The van der Waals surface area contributed by atoms with Crippen LogP contribution in [0.5, 0.6) is 5.88 Å². The molecule has 0 saturated heterocycles. The van der Waals surface area contributed by atoms with Crippen molar-refractivity contribution in [1.82, 2.24) is 19.2 Å². The molecule has 2 aromatic carbocycles. The summed E-state index contributed by atoms with van der Waals surface area (Å²) in [5.41, 5.74) is 10.6. The van der Waals surface area contributed by atoms with Gasteiger partial charge in [0.2, 0.25) is 15.9 Å². The molecule has 0 spiro atoms. The summed E-state index contributed by atoms with van der Waals surface area (Å²) < 4.78 is 61.3. The Kier molecular flexibility index (Phi) is 7.47. The Labute approximate surface area is 279 Å². The Morgan fingerprint density at radius 1 is 0.812 bits per heavy atom. The van der Waals surface area contributed by atoms with Crippen molar-refractivity contribution >= 4 is 43.5 Å². The van der Waals surface area contributed by atoms with Gasteiger partial charge in [-0.1, -0.05) is 12.1 Å². The van der Waals surface area contributed by atoms with Crippen LogP contribution in [0, 0.1) is 5.92 Å². The molecule has 1 aromatic heterocycles. The Morgan fingerprint density at radius 2 is 1.50 bits per heavy atom. The van der Waals surface area contributed by atoms with E-state index in [0.29, 0.717) is 13.2 Å². The van der Waals surface area contributed by atoms with E-state index in [9.17, 15) is 26.4 Å². The molecule has 4 N–H and O–H groups in total. The molecule has 1 aliphatic heterocycles. The average Bonchev–Trinajstić information content (AvgIpc) is 3.84. The highest BCUT2D eigenvalue weighted by atomic mass is 32.2. The van der Waals surface area contributed by atoms with Gasteiger partial charge in [0.05, 0.1) is 19.1 Å². The number of hydrogen-bond donors (Lipinski definition) is 4. The summed E-state index contributed by atoms with van der Waals surface area (Å²) in [7, 11) is -7.94. The zero-order valence-electron chi connectivity index (χ0n) is 26.6. The third kappa shape index (κ3) is 5.50. The van der Waals surface area contributed by atoms with Gasteiger partial charge in [-0.05, 0) is 121 Å². The number of nitrogens with zero attached hydrogens (tertiary/aromatic N) is 2. The van der Waals surface area contributed by atoms with Crippen molar-refractivity contribution in [3.05, 3.63) is 62.8 Å². The van der Waals surface area contributed by atoms with Crippen molar-refractivity contribution in [1.29, 1.82) is 0 Å². The Balaban J connectivity index is 1.06. The normalized spacial score (nSPS) is 20.6. The van der Waals surface area contributed by atoms with Gasteiger partial charge in [0.1, 0.15) is 0 Å². The van der Waals surface area contributed by atoms with E-state index in [2.05, 4.69) is 32.6 Å². The van der Waals surface area contributed by atoms with Gasteiger partial charge >= 0.3 is 12.1 Å². The van der Waals surface area contributed by atoms with Gasteiger partial charge in [-0.25, -0.2) is 40.6 Å². The average molecular weight is 695 g/mol. The molecule has 254 valence electrons. The van der Waals surface area contributed by atoms with Gasteiger partial charge in [-0.2, -0.15) is 5.10 Å². The number of ether oxygens (including phenoxy) is 1. The first-order chi connectivity index (χ1) is 22.9. The van der Waals surface area contributed by atoms with Crippen molar-refractivity contribution in [2.75, 3.05) is 23.5 Å². The van der Waals surface area contributed by atoms with Gasteiger partial charge in [-0.15, -0.1) is 0 Å². The number of sulfonamides is 2. The second kappa shape index (κ2) is 11.5. The smallest absolute Gasteiger partial charge is 0.333 e. The van der Waals surface area contributed by atoms with Crippen molar-refractivity contribution < 1.29 is 31.2 Å². The molecule has 0 fully saturated rings. The van der Waals surface area contributed by atoms with Gasteiger partial charge in [-0.3, -0.25) is 0 Å². The van der Waals surface area contributed by atoms with E-state index in [1.165, 1.54) is 33.1 Å². The molecular formula is C33H38N6O7S2. The Morgan fingerprint density at radius 3 is 2.23 bits per heavy atom. The number of carbonyl (C=O) groups excluding carboxylic acids is 2. The maximum absolute atomic E-state index is 13.4. The van der Waals surface area contributed by atoms with Crippen LogP contribution in [0.25, 0.3) is 0 Å². The lowest BCUT2D eigenvalue weighted by Crippen LogP contribution is -2.35. The minimum absolute atomic E-state index is 0.141. The van der Waals surface area contributed by atoms with Crippen molar-refractivity contribution in [3.8, 4) is 5.88 Å². The van der Waals surface area contributed by atoms with E-state index in [1.807, 2.05) is 4.72 Å². The van der Waals surface area contributed by atoms with Crippen LogP contribution >= 0.6 is 0 Å². The predicted octanol–water partition coefficient (Wildman–Crippen LogP) is 3.68. The SMILES string of the molecule is CS(=O)(=O)NC(=O)Nc1c2c(cc3c1CCC3C1Cc3cc4c(c(NC(=O)NS(=O)(=O)c5cnn6c5OCCC6)c3C1)CCC4)CCC2. The van der Waals surface area contributed by atoms with Gasteiger partial charge in [0.25, 0.3) is 10.0 Å². The van der Waals surface area contributed by atoms with Gasteiger partial charge < -0.3 is 15.4 Å². The monoisotopic (exact) mass is 694 g/mol. The summed E-state index contributed by atoms with van der Waals surface area (Å²) in [5, 5.41) is 9.96. The standard InChI is InChI=1S/C33H38N6O7S2/c1-47(42,43)37-32(40)35-29-24-8-3-6-19(24)15-27-22(9-10-25(27)29)21-14-20-13-18-5-2-7-23(18)30(26(20)16-21)36-33(41)38-48(44,45)28-17-34-39-11-4-12-46-31(28)39/h13,15,17,21-22H,2-12,14,16H2,1H3,(H2,35,37,40)(H2,36,38,41). The van der Waals surface area contributed by atoms with Crippen molar-refractivity contribution in [3.63, 3.8) is 0 Å². The molecule has 2 heterocycles. The van der Waals surface area contributed by atoms with Gasteiger partial charge in [0, 0.05) is 24.3 Å². The highest BCUT2D eigenvalue weighted by molar-refractivity contribution is 7.90. The van der Waals surface area contributed by atoms with Gasteiger partial charge in [0.15, 0.2) is 4.90 Å². The second-order valence-electron chi connectivity index (χ2n) is 13.6. The first kappa shape index (κ1) is 31.2. The fraction of sp³-hybridized carbons (Fsp3) is 0.485. The number of urea groups is 2. The zero-order valence-corrected chi connectivity index (χ0v) is 28.3. The molecule has 13 nitrogen and oxygen atoms in total. The topological polar surface area (TPSA) is 178 Å². The molecule has 8 rings (SSSR count). The maximum atomic E-state index is 13.4. The lowest BCUT2D eigenvalue weighted by atomic mass is 9.84. The summed E-state index contributed by atoms with van der Waals surface area (Å²) in [4.78, 5) is 25.9. The summed E-state index contributed by atoms with van der Waals surface area (Å²) in [6.07, 6.45) is 11.6. The van der Waals surface area contributed by atoms with Crippen LogP contribution in [0.4, 0.5) is 21.0 Å². The van der Waals surface area contributed by atoms with Crippen LogP contribution in [0.1, 0.15) is 76.1 Å². The van der Waals surface area contributed by atoms with E-state index in [4.69, 9.17) is 4.74 Å². The molecule has 4 amide bonds. The molecule has 15 heteroatoms. The minimum atomic E-state index is -4.23. The molecule has 4 aliphatic carbocycles. The molecule has 3 aromatic rings. The zero-order chi connectivity index (χ0) is 33.4. The van der Waals surface area contributed by atoms with Crippen LogP contribution in [0.15, 0.2) is 23.2 Å². The van der Waals surface area contributed by atoms with E-state index in [1.54, 1.807) is 0 Å². The molecule has 0 saturated carbocycles. The van der Waals surface area contributed by atoms with Crippen LogP contribution in [-0.4, -0.2) is 51.5 Å². The number of carbonyl (C=O) groups is 2. The Bertz CT molecular complexity index is 2110. The number of amides is 4. The van der Waals surface area contributed by atoms with E-state index >= 15 is 0 Å². The fourth-order valence-corrected chi connectivity index (χ4v) is 10.1. The van der Waals surface area contributed by atoms with Crippen molar-refractivity contribution in [2.24, 2.45) is 5.92 Å². The highest BCUT2D eigenvalue weighted by Crippen LogP contribution is 2.51. The molecule has 0 radical (unpaired) electrons. The molecule has 0 bridgehead atoms. The largest absolute Gasteiger partial charge is 0.477 e.